The Hall–Kier alpha value is -2.63. The first-order valence-electron chi connectivity index (χ1n) is 7.12. The number of rotatable bonds is 10. The van der Waals surface area contributed by atoms with Crippen LogP contribution in [0.25, 0.3) is 0 Å². The van der Waals surface area contributed by atoms with Gasteiger partial charge in [0.05, 0.1) is 6.54 Å². The molecule has 0 aliphatic heterocycles. The Morgan fingerprint density at radius 3 is 2.26 bits per heavy atom. The molecular weight excluding hydrogens is 301 g/mol. The fourth-order valence-electron chi connectivity index (χ4n) is 1.91. The van der Waals surface area contributed by atoms with Crippen LogP contribution in [0.3, 0.4) is 0 Å². The first-order chi connectivity index (χ1) is 11.0. The number of nitrogens with one attached hydrogen (secondary N) is 1. The van der Waals surface area contributed by atoms with Crippen molar-refractivity contribution in [1.29, 1.82) is 0 Å². The topological polar surface area (TPSA) is 75.6 Å². The van der Waals surface area contributed by atoms with Crippen molar-refractivity contribution in [3.8, 4) is 5.75 Å². The van der Waals surface area contributed by atoms with E-state index in [2.05, 4.69) is 18.5 Å². The third-order valence-corrected chi connectivity index (χ3v) is 3.10. The van der Waals surface area contributed by atoms with Gasteiger partial charge in [0.25, 0.3) is 0 Å². The maximum Gasteiger partial charge on any atom is 0.346 e. The maximum absolute atomic E-state index is 12.8. The van der Waals surface area contributed by atoms with Crippen LogP contribution in [0.2, 0.25) is 0 Å². The molecule has 1 rings (SSSR count). The molecule has 0 fully saturated rings. The van der Waals surface area contributed by atoms with Gasteiger partial charge in [-0.3, -0.25) is 4.79 Å². The Balaban J connectivity index is 2.63. The summed E-state index contributed by atoms with van der Waals surface area (Å²) >= 11 is 0. The van der Waals surface area contributed by atoms with Gasteiger partial charge in [-0.25, -0.2) is 9.18 Å². The monoisotopic (exact) mass is 321 g/mol. The van der Waals surface area contributed by atoms with E-state index in [0.717, 1.165) is 12.1 Å². The summed E-state index contributed by atoms with van der Waals surface area (Å²) in [6.45, 7) is 6.98. The van der Waals surface area contributed by atoms with Crippen molar-refractivity contribution in [3.05, 3.63) is 55.4 Å². The zero-order chi connectivity index (χ0) is 17.2. The minimum atomic E-state index is -1.27. The molecule has 2 N–H and O–H groups in total. The average Bonchev–Trinajstić information content (AvgIpc) is 2.52. The number of amides is 1. The highest BCUT2D eigenvalue weighted by Gasteiger charge is 2.22. The fraction of sp³-hybridized carbons (Fsp3) is 0.294. The minimum Gasteiger partial charge on any atom is -0.478 e. The normalized spacial score (nSPS) is 11.6. The van der Waals surface area contributed by atoms with E-state index in [1.807, 2.05) is 0 Å². The molecular formula is C17H20FNO4. The summed E-state index contributed by atoms with van der Waals surface area (Å²) < 4.78 is 18.1. The number of hydrogen-bond acceptors (Lipinski definition) is 3. The van der Waals surface area contributed by atoms with Crippen LogP contribution in [0.4, 0.5) is 4.39 Å². The highest BCUT2D eigenvalue weighted by molar-refractivity contribution is 5.80. The third kappa shape index (κ3) is 6.34. The molecule has 0 aliphatic carbocycles. The van der Waals surface area contributed by atoms with Gasteiger partial charge in [0, 0.05) is 5.92 Å². The van der Waals surface area contributed by atoms with Gasteiger partial charge in [-0.2, -0.15) is 0 Å². The lowest BCUT2D eigenvalue weighted by atomic mass is 10.0. The number of hydrogen-bond donors (Lipinski definition) is 2. The highest BCUT2D eigenvalue weighted by Crippen LogP contribution is 2.14. The molecule has 0 spiro atoms. The number of aliphatic carboxylic acids is 1. The van der Waals surface area contributed by atoms with E-state index in [1.54, 1.807) is 12.2 Å². The molecule has 1 aromatic carbocycles. The highest BCUT2D eigenvalue weighted by atomic mass is 19.1. The minimum absolute atomic E-state index is 0.198. The molecule has 1 unspecified atom stereocenters. The first-order valence-corrected chi connectivity index (χ1v) is 7.12. The molecule has 0 heterocycles. The number of carbonyl (C=O) groups is 2. The first kappa shape index (κ1) is 18.4. The van der Waals surface area contributed by atoms with Crippen LogP contribution in [0.5, 0.6) is 5.75 Å². The summed E-state index contributed by atoms with van der Waals surface area (Å²) in [5.74, 6) is -2.10. The Bertz CT molecular complexity index is 546. The zero-order valence-electron chi connectivity index (χ0n) is 12.7. The van der Waals surface area contributed by atoms with Crippen LogP contribution in [0.15, 0.2) is 49.6 Å². The molecule has 1 aromatic rings. The Kier molecular flexibility index (Phi) is 7.53. The van der Waals surface area contributed by atoms with Crippen molar-refractivity contribution in [2.45, 2.75) is 18.9 Å². The standard InChI is InChI=1S/C17H20FNO4/c1-3-5-12(6-4-2)16(20)19-11-15(17(21)22)23-14-9-7-13(18)8-10-14/h3-4,7-10,12,15H,1-2,5-6,11H2,(H,19,20)(H,21,22). The van der Waals surface area contributed by atoms with Crippen molar-refractivity contribution in [3.63, 3.8) is 0 Å². The van der Waals surface area contributed by atoms with E-state index in [1.165, 1.54) is 12.1 Å². The molecule has 0 aromatic heterocycles. The van der Waals surface area contributed by atoms with E-state index in [4.69, 9.17) is 9.84 Å². The number of halogens is 1. The molecule has 6 heteroatoms. The van der Waals surface area contributed by atoms with Gasteiger partial charge in [-0.1, -0.05) is 12.2 Å². The molecule has 1 atom stereocenters. The van der Waals surface area contributed by atoms with Gasteiger partial charge in [-0.15, -0.1) is 13.2 Å². The molecule has 0 saturated heterocycles. The Morgan fingerprint density at radius 2 is 1.78 bits per heavy atom. The van der Waals surface area contributed by atoms with Crippen molar-refractivity contribution in [2.75, 3.05) is 6.54 Å². The second-order valence-corrected chi connectivity index (χ2v) is 4.89. The van der Waals surface area contributed by atoms with Crippen molar-refractivity contribution < 1.29 is 23.8 Å². The molecule has 0 radical (unpaired) electrons. The summed E-state index contributed by atoms with van der Waals surface area (Å²) in [6, 6.07) is 4.98. The predicted octanol–water partition coefficient (Wildman–Crippen LogP) is 2.54. The van der Waals surface area contributed by atoms with E-state index in [-0.39, 0.29) is 24.1 Å². The third-order valence-electron chi connectivity index (χ3n) is 3.10. The van der Waals surface area contributed by atoms with Crippen LogP contribution in [-0.2, 0) is 9.59 Å². The van der Waals surface area contributed by atoms with Crippen molar-refractivity contribution >= 4 is 11.9 Å². The van der Waals surface area contributed by atoms with E-state index < -0.39 is 17.9 Å². The summed E-state index contributed by atoms with van der Waals surface area (Å²) in [5.41, 5.74) is 0. The lowest BCUT2D eigenvalue weighted by Crippen LogP contribution is -2.42. The van der Waals surface area contributed by atoms with Gasteiger partial charge in [-0.05, 0) is 37.1 Å². The quantitative estimate of drug-likeness (QED) is 0.649. The van der Waals surface area contributed by atoms with Crippen LogP contribution in [0, 0.1) is 11.7 Å². The van der Waals surface area contributed by atoms with E-state index in [0.29, 0.717) is 12.8 Å². The molecule has 0 bridgehead atoms. The summed E-state index contributed by atoms with van der Waals surface area (Å²) in [5, 5.41) is 11.7. The number of ether oxygens (including phenoxy) is 1. The number of carboxylic acids is 1. The smallest absolute Gasteiger partial charge is 0.346 e. The van der Waals surface area contributed by atoms with Crippen molar-refractivity contribution in [2.24, 2.45) is 5.92 Å². The number of benzene rings is 1. The average molecular weight is 321 g/mol. The SMILES string of the molecule is C=CCC(CC=C)C(=O)NCC(Oc1ccc(F)cc1)C(=O)O. The molecule has 23 heavy (non-hydrogen) atoms. The molecule has 1 amide bonds. The molecule has 0 aliphatic rings. The lowest BCUT2D eigenvalue weighted by Gasteiger charge is -2.18. The second-order valence-electron chi connectivity index (χ2n) is 4.89. The maximum atomic E-state index is 12.8. The van der Waals surface area contributed by atoms with E-state index >= 15 is 0 Å². The van der Waals surface area contributed by atoms with Crippen molar-refractivity contribution in [1.82, 2.24) is 5.32 Å². The second kappa shape index (κ2) is 9.40. The molecule has 124 valence electrons. The summed E-state index contributed by atoms with van der Waals surface area (Å²) in [4.78, 5) is 23.3. The fourth-order valence-corrected chi connectivity index (χ4v) is 1.91. The number of carboxylic acid groups (broad SMARTS) is 1. The summed E-state index contributed by atoms with van der Waals surface area (Å²) in [6.07, 6.45) is 2.91. The number of allylic oxidation sites excluding steroid dienone is 2. The van der Waals surface area contributed by atoms with Gasteiger partial charge < -0.3 is 15.2 Å². The van der Waals surface area contributed by atoms with Crippen LogP contribution >= 0.6 is 0 Å². The Morgan fingerprint density at radius 1 is 1.22 bits per heavy atom. The largest absolute Gasteiger partial charge is 0.478 e. The van der Waals surface area contributed by atoms with Crippen LogP contribution < -0.4 is 10.1 Å². The molecule has 0 saturated carbocycles. The van der Waals surface area contributed by atoms with Gasteiger partial charge in [0.15, 0.2) is 0 Å². The zero-order valence-corrected chi connectivity index (χ0v) is 12.7. The van der Waals surface area contributed by atoms with Gasteiger partial charge in [0.2, 0.25) is 12.0 Å². The van der Waals surface area contributed by atoms with Crippen LogP contribution in [-0.4, -0.2) is 29.6 Å². The predicted molar refractivity (Wildman–Crippen MR) is 84.6 cm³/mol. The number of carbonyl (C=O) groups excluding carboxylic acids is 1. The van der Waals surface area contributed by atoms with Gasteiger partial charge in [0.1, 0.15) is 11.6 Å². The van der Waals surface area contributed by atoms with Crippen LogP contribution in [0.1, 0.15) is 12.8 Å². The molecule has 5 nitrogen and oxygen atoms in total. The summed E-state index contributed by atoms with van der Waals surface area (Å²) in [7, 11) is 0. The lowest BCUT2D eigenvalue weighted by molar-refractivity contribution is -0.145. The Labute approximate surface area is 134 Å². The van der Waals surface area contributed by atoms with E-state index in [9.17, 15) is 14.0 Å². The van der Waals surface area contributed by atoms with Gasteiger partial charge >= 0.3 is 5.97 Å².